The van der Waals surface area contributed by atoms with E-state index < -0.39 is 6.10 Å². The fourth-order valence-corrected chi connectivity index (χ4v) is 2.85. The molecule has 0 radical (unpaired) electrons. The summed E-state index contributed by atoms with van der Waals surface area (Å²) in [6.45, 7) is 4.89. The van der Waals surface area contributed by atoms with Crippen LogP contribution >= 0.6 is 11.5 Å². The van der Waals surface area contributed by atoms with E-state index in [2.05, 4.69) is 28.5 Å². The quantitative estimate of drug-likeness (QED) is 0.848. The lowest BCUT2D eigenvalue weighted by Gasteiger charge is -2.14. The highest BCUT2D eigenvalue weighted by Gasteiger charge is 2.25. The number of ether oxygens (including phenoxy) is 1. The summed E-state index contributed by atoms with van der Waals surface area (Å²) < 4.78 is 11.1. The molecule has 6 nitrogen and oxygen atoms in total. The minimum atomic E-state index is -0.791. The van der Waals surface area contributed by atoms with Gasteiger partial charge < -0.3 is 9.84 Å². The number of methoxy groups -OCH3 is 1. The fraction of sp³-hybridized carbons (Fsp3) is 0.615. The summed E-state index contributed by atoms with van der Waals surface area (Å²) in [5.41, 5.74) is 1.54. The van der Waals surface area contributed by atoms with Gasteiger partial charge in [-0.15, -0.1) is 5.10 Å². The van der Waals surface area contributed by atoms with Crippen LogP contribution in [0.2, 0.25) is 0 Å². The molecule has 0 spiro atoms. The Morgan fingerprint density at radius 3 is 2.85 bits per heavy atom. The number of nitrogens with zero attached hydrogens (tertiary/aromatic N) is 4. The minimum absolute atomic E-state index is 0.599. The molecule has 0 amide bonds. The van der Waals surface area contributed by atoms with Crippen LogP contribution in [0.3, 0.4) is 0 Å². The maximum absolute atomic E-state index is 10.7. The molecule has 0 bridgehead atoms. The van der Waals surface area contributed by atoms with Crippen LogP contribution in [0.15, 0.2) is 6.20 Å². The van der Waals surface area contributed by atoms with Crippen LogP contribution in [0.25, 0.3) is 0 Å². The van der Waals surface area contributed by atoms with Gasteiger partial charge in [0.05, 0.1) is 23.9 Å². The monoisotopic (exact) mass is 296 g/mol. The molecule has 0 aliphatic carbocycles. The molecule has 0 saturated carbocycles. The molecule has 1 unspecified atom stereocenters. The highest BCUT2D eigenvalue weighted by atomic mass is 32.1. The molecular weight excluding hydrogens is 276 g/mol. The average molecular weight is 296 g/mol. The van der Waals surface area contributed by atoms with E-state index in [-0.39, 0.29) is 0 Å². The van der Waals surface area contributed by atoms with Gasteiger partial charge in [0.15, 0.2) is 5.75 Å². The summed E-state index contributed by atoms with van der Waals surface area (Å²) in [7, 11) is 1.58. The van der Waals surface area contributed by atoms with Crippen molar-refractivity contribution in [1.82, 2.24) is 19.4 Å². The third-order valence-corrected chi connectivity index (χ3v) is 3.90. The van der Waals surface area contributed by atoms with Crippen molar-refractivity contribution in [1.29, 1.82) is 0 Å². The van der Waals surface area contributed by atoms with E-state index in [1.54, 1.807) is 18.0 Å². The standard InChI is InChI=1S/C13H20N4O2S/c1-4-6-9-13(20-16-15-9)12(18)11-10(19-3)8-14-17(11)7-5-2/h8,12,18H,4-7H2,1-3H3. The van der Waals surface area contributed by atoms with Crippen LogP contribution in [0.5, 0.6) is 5.75 Å². The fourth-order valence-electron chi connectivity index (χ4n) is 2.16. The average Bonchev–Trinajstić information content (AvgIpc) is 3.05. The van der Waals surface area contributed by atoms with Gasteiger partial charge in [-0.3, -0.25) is 4.68 Å². The molecule has 2 aromatic heterocycles. The Labute approximate surface area is 122 Å². The van der Waals surface area contributed by atoms with Crippen molar-refractivity contribution in [2.75, 3.05) is 7.11 Å². The van der Waals surface area contributed by atoms with Gasteiger partial charge in [0.1, 0.15) is 11.8 Å². The molecular formula is C13H20N4O2S. The summed E-state index contributed by atoms with van der Waals surface area (Å²) in [6, 6.07) is 0. The number of aliphatic hydroxyl groups excluding tert-OH is 1. The SMILES string of the molecule is CCCc1nnsc1C(O)c1c(OC)cnn1CCC. The zero-order valence-corrected chi connectivity index (χ0v) is 12.9. The summed E-state index contributed by atoms with van der Waals surface area (Å²) in [4.78, 5) is 0.781. The van der Waals surface area contributed by atoms with Crippen molar-refractivity contribution in [3.63, 3.8) is 0 Å². The van der Waals surface area contributed by atoms with Gasteiger partial charge in [0.2, 0.25) is 0 Å². The molecule has 2 aromatic rings. The highest BCUT2D eigenvalue weighted by Crippen LogP contribution is 2.33. The molecule has 2 rings (SSSR count). The zero-order valence-electron chi connectivity index (χ0n) is 12.0. The van der Waals surface area contributed by atoms with Crippen LogP contribution in [0, 0.1) is 0 Å². The molecule has 0 saturated heterocycles. The van der Waals surface area contributed by atoms with E-state index in [1.807, 2.05) is 0 Å². The molecule has 20 heavy (non-hydrogen) atoms. The molecule has 1 atom stereocenters. The topological polar surface area (TPSA) is 73.1 Å². The predicted octanol–water partition coefficient (Wildman–Crippen LogP) is 2.19. The van der Waals surface area contributed by atoms with Crippen molar-refractivity contribution in [3.05, 3.63) is 22.5 Å². The minimum Gasteiger partial charge on any atom is -0.493 e. The van der Waals surface area contributed by atoms with Crippen LogP contribution in [0.1, 0.15) is 49.1 Å². The second-order valence-corrected chi connectivity index (χ2v) is 5.34. The van der Waals surface area contributed by atoms with Gasteiger partial charge in [-0.25, -0.2) is 0 Å². The number of aliphatic hydroxyl groups is 1. The van der Waals surface area contributed by atoms with Gasteiger partial charge in [-0.1, -0.05) is 24.8 Å². The number of hydrogen-bond donors (Lipinski definition) is 1. The molecule has 7 heteroatoms. The Kier molecular flexibility index (Phi) is 5.08. The summed E-state index contributed by atoms with van der Waals surface area (Å²) in [5, 5.41) is 19.1. The van der Waals surface area contributed by atoms with Crippen LogP contribution < -0.4 is 4.74 Å². The maximum Gasteiger partial charge on any atom is 0.163 e. The number of hydrogen-bond acceptors (Lipinski definition) is 6. The lowest BCUT2D eigenvalue weighted by atomic mass is 10.1. The maximum atomic E-state index is 10.7. The molecule has 2 heterocycles. The first-order valence-corrected chi connectivity index (χ1v) is 7.59. The Morgan fingerprint density at radius 1 is 1.40 bits per heavy atom. The molecule has 0 aliphatic heterocycles. The van der Waals surface area contributed by atoms with Gasteiger partial charge >= 0.3 is 0 Å². The van der Waals surface area contributed by atoms with Crippen molar-refractivity contribution in [2.24, 2.45) is 0 Å². The van der Waals surface area contributed by atoms with E-state index in [1.165, 1.54) is 11.5 Å². The van der Waals surface area contributed by atoms with Gasteiger partial charge in [-0.05, 0) is 24.4 Å². The van der Waals surface area contributed by atoms with E-state index in [4.69, 9.17) is 4.74 Å². The summed E-state index contributed by atoms with van der Waals surface area (Å²) >= 11 is 1.23. The summed E-state index contributed by atoms with van der Waals surface area (Å²) in [6.07, 6.45) is 3.57. The second kappa shape index (κ2) is 6.81. The van der Waals surface area contributed by atoms with Crippen LogP contribution in [-0.4, -0.2) is 31.6 Å². The molecule has 110 valence electrons. The lowest BCUT2D eigenvalue weighted by molar-refractivity contribution is 0.204. The lowest BCUT2D eigenvalue weighted by Crippen LogP contribution is -2.11. The van der Waals surface area contributed by atoms with E-state index >= 15 is 0 Å². The van der Waals surface area contributed by atoms with E-state index in [9.17, 15) is 5.11 Å². The second-order valence-electron chi connectivity index (χ2n) is 4.56. The molecule has 0 fully saturated rings. The zero-order chi connectivity index (χ0) is 14.5. The molecule has 0 aliphatic rings. The normalized spacial score (nSPS) is 12.6. The Hall–Kier alpha value is -1.47. The van der Waals surface area contributed by atoms with Crippen molar-refractivity contribution in [2.45, 2.75) is 45.8 Å². The Balaban J connectivity index is 2.38. The van der Waals surface area contributed by atoms with Crippen molar-refractivity contribution in [3.8, 4) is 5.75 Å². The highest BCUT2D eigenvalue weighted by molar-refractivity contribution is 7.05. The van der Waals surface area contributed by atoms with Gasteiger partial charge in [-0.2, -0.15) is 5.10 Å². The smallest absolute Gasteiger partial charge is 0.163 e. The van der Waals surface area contributed by atoms with Crippen molar-refractivity contribution >= 4 is 11.5 Å². The Bertz CT molecular complexity index is 552. The first-order valence-electron chi connectivity index (χ1n) is 6.81. The summed E-state index contributed by atoms with van der Waals surface area (Å²) in [5.74, 6) is 0.599. The molecule has 0 aromatic carbocycles. The Morgan fingerprint density at radius 2 is 2.20 bits per heavy atom. The largest absolute Gasteiger partial charge is 0.493 e. The van der Waals surface area contributed by atoms with E-state index in [0.717, 1.165) is 36.4 Å². The number of aromatic nitrogens is 4. The van der Waals surface area contributed by atoms with Gasteiger partial charge in [0, 0.05) is 6.54 Å². The number of rotatable bonds is 7. The number of aryl methyl sites for hydroxylation is 2. The van der Waals surface area contributed by atoms with Crippen LogP contribution in [0.4, 0.5) is 0 Å². The van der Waals surface area contributed by atoms with Crippen molar-refractivity contribution < 1.29 is 9.84 Å². The van der Waals surface area contributed by atoms with E-state index in [0.29, 0.717) is 11.4 Å². The molecule has 1 N–H and O–H groups in total. The first kappa shape index (κ1) is 14.9. The van der Waals surface area contributed by atoms with Gasteiger partial charge in [0.25, 0.3) is 0 Å². The van der Waals surface area contributed by atoms with Crippen LogP contribution in [-0.2, 0) is 13.0 Å². The predicted molar refractivity (Wildman–Crippen MR) is 77.0 cm³/mol. The third kappa shape index (κ3) is 2.83. The first-order chi connectivity index (χ1) is 9.72. The third-order valence-electron chi connectivity index (χ3n) is 3.08.